The molecule has 4 N–H and O–H groups in total. The minimum Gasteiger partial charge on any atom is -0.397 e. The zero-order valence-corrected chi connectivity index (χ0v) is 9.97. The summed E-state index contributed by atoms with van der Waals surface area (Å²) in [5, 5.41) is 8.68. The minimum absolute atomic E-state index is 0.319. The fourth-order valence-corrected chi connectivity index (χ4v) is 1.90. The number of nitrogens with two attached hydrogens (primary N) is 2. The lowest BCUT2D eigenvalue weighted by Crippen LogP contribution is -2.30. The van der Waals surface area contributed by atoms with Crippen LogP contribution in [-0.2, 0) is 0 Å². The summed E-state index contributed by atoms with van der Waals surface area (Å²) in [6.45, 7) is 0.554. The molecule has 2 rings (SSSR count). The lowest BCUT2D eigenvalue weighted by molar-refractivity contribution is 0.100. The van der Waals surface area contributed by atoms with Crippen LogP contribution in [0.25, 0.3) is 0 Å². The molecule has 1 aliphatic rings. The Morgan fingerprint density at radius 1 is 1.61 bits per heavy atom. The standard InChI is InChI=1S/C12H15N5O/c13-4-1-5-17(9-2-3-9)12-10(11(15)18)6-8(14)7-16-12/h6-7,9H,1-3,5,14H2,(H2,15,18). The number of nitrogen functional groups attached to an aromatic ring is 1. The molecular formula is C12H15N5O. The van der Waals surface area contributed by atoms with Gasteiger partial charge in [-0.2, -0.15) is 5.26 Å². The smallest absolute Gasteiger partial charge is 0.252 e. The number of hydrogen-bond donors (Lipinski definition) is 2. The van der Waals surface area contributed by atoms with Crippen molar-refractivity contribution < 1.29 is 4.79 Å². The average molecular weight is 245 g/mol. The molecule has 1 aromatic heterocycles. The van der Waals surface area contributed by atoms with Crippen LogP contribution in [0.5, 0.6) is 0 Å². The van der Waals surface area contributed by atoms with Crippen LogP contribution in [0.15, 0.2) is 12.3 Å². The van der Waals surface area contributed by atoms with Gasteiger partial charge in [-0.05, 0) is 18.9 Å². The first-order chi connectivity index (χ1) is 8.63. The first-order valence-corrected chi connectivity index (χ1v) is 5.82. The highest BCUT2D eigenvalue weighted by molar-refractivity contribution is 5.98. The van der Waals surface area contributed by atoms with Gasteiger partial charge in [0.25, 0.3) is 5.91 Å². The Labute approximate surface area is 105 Å². The summed E-state index contributed by atoms with van der Waals surface area (Å²) in [4.78, 5) is 17.6. The minimum atomic E-state index is -0.549. The molecule has 1 fully saturated rings. The summed E-state index contributed by atoms with van der Waals surface area (Å²) in [7, 11) is 0. The molecule has 1 aliphatic carbocycles. The summed E-state index contributed by atoms with van der Waals surface area (Å²) >= 11 is 0. The highest BCUT2D eigenvalue weighted by atomic mass is 16.1. The molecule has 1 amide bonds. The predicted octanol–water partition coefficient (Wildman–Crippen LogP) is 0.645. The molecule has 1 heterocycles. The van der Waals surface area contributed by atoms with Crippen molar-refractivity contribution in [2.24, 2.45) is 5.73 Å². The van der Waals surface area contributed by atoms with Crippen LogP contribution < -0.4 is 16.4 Å². The number of nitrogens with zero attached hydrogens (tertiary/aromatic N) is 3. The molecule has 1 aromatic rings. The third-order valence-corrected chi connectivity index (χ3v) is 2.88. The van der Waals surface area contributed by atoms with E-state index in [1.165, 1.54) is 12.3 Å². The van der Waals surface area contributed by atoms with Crippen LogP contribution in [0.2, 0.25) is 0 Å². The molecule has 0 saturated heterocycles. The molecule has 0 bridgehead atoms. The van der Waals surface area contributed by atoms with Crippen molar-refractivity contribution in [3.63, 3.8) is 0 Å². The third kappa shape index (κ3) is 2.51. The first kappa shape index (κ1) is 12.2. The van der Waals surface area contributed by atoms with Crippen LogP contribution in [0.3, 0.4) is 0 Å². The van der Waals surface area contributed by atoms with Gasteiger partial charge in [0.2, 0.25) is 0 Å². The normalized spacial score (nSPS) is 13.9. The van der Waals surface area contributed by atoms with Gasteiger partial charge in [0.05, 0.1) is 29.9 Å². The first-order valence-electron chi connectivity index (χ1n) is 5.82. The number of amides is 1. The average Bonchev–Trinajstić information content (AvgIpc) is 3.15. The molecule has 6 nitrogen and oxygen atoms in total. The number of pyridine rings is 1. The Morgan fingerprint density at radius 2 is 2.33 bits per heavy atom. The fourth-order valence-electron chi connectivity index (χ4n) is 1.90. The molecule has 0 unspecified atom stereocenters. The summed E-state index contributed by atoms with van der Waals surface area (Å²) < 4.78 is 0. The highest BCUT2D eigenvalue weighted by Gasteiger charge is 2.31. The van der Waals surface area contributed by atoms with Crippen LogP contribution in [-0.4, -0.2) is 23.5 Å². The molecule has 0 atom stereocenters. The number of carbonyl (C=O) groups excluding carboxylic acids is 1. The number of hydrogen-bond acceptors (Lipinski definition) is 5. The largest absolute Gasteiger partial charge is 0.397 e. The molecule has 94 valence electrons. The molecule has 0 aromatic carbocycles. The SMILES string of the molecule is N#CCCN(c1ncc(N)cc1C(N)=O)C1CC1. The van der Waals surface area contributed by atoms with E-state index in [-0.39, 0.29) is 0 Å². The van der Waals surface area contributed by atoms with Gasteiger partial charge in [0.15, 0.2) is 0 Å². The van der Waals surface area contributed by atoms with Crippen molar-refractivity contribution in [2.75, 3.05) is 17.2 Å². The van der Waals surface area contributed by atoms with E-state index in [9.17, 15) is 4.79 Å². The fraction of sp³-hybridized carbons (Fsp3) is 0.417. The third-order valence-electron chi connectivity index (χ3n) is 2.88. The van der Waals surface area contributed by atoms with Crippen LogP contribution in [0.1, 0.15) is 29.6 Å². The summed E-state index contributed by atoms with van der Waals surface area (Å²) in [5.74, 6) is -0.0122. The van der Waals surface area contributed by atoms with Gasteiger partial charge in [-0.25, -0.2) is 4.98 Å². The maximum Gasteiger partial charge on any atom is 0.252 e. The van der Waals surface area contributed by atoms with Crippen LogP contribution in [0, 0.1) is 11.3 Å². The van der Waals surface area contributed by atoms with E-state index in [4.69, 9.17) is 16.7 Å². The van der Waals surface area contributed by atoms with E-state index in [0.29, 0.717) is 36.1 Å². The van der Waals surface area contributed by atoms with Gasteiger partial charge in [0.1, 0.15) is 5.82 Å². The predicted molar refractivity (Wildman–Crippen MR) is 67.8 cm³/mol. The van der Waals surface area contributed by atoms with Gasteiger partial charge in [-0.1, -0.05) is 0 Å². The van der Waals surface area contributed by atoms with Crippen LogP contribution in [0.4, 0.5) is 11.5 Å². The Morgan fingerprint density at radius 3 is 2.89 bits per heavy atom. The zero-order chi connectivity index (χ0) is 13.1. The Balaban J connectivity index is 2.34. The molecule has 1 saturated carbocycles. The summed E-state index contributed by atoms with van der Waals surface area (Å²) in [6.07, 6.45) is 4.00. The van der Waals surface area contributed by atoms with Gasteiger partial charge < -0.3 is 16.4 Å². The second kappa shape index (κ2) is 4.92. The quantitative estimate of drug-likeness (QED) is 0.791. The van der Waals surface area contributed by atoms with E-state index in [1.54, 1.807) is 0 Å². The molecular weight excluding hydrogens is 230 g/mol. The lowest BCUT2D eigenvalue weighted by atomic mass is 10.2. The number of anilines is 2. The van der Waals surface area contributed by atoms with Crippen molar-refractivity contribution in [1.29, 1.82) is 5.26 Å². The lowest BCUT2D eigenvalue weighted by Gasteiger charge is -2.24. The molecule has 0 radical (unpaired) electrons. The van der Waals surface area contributed by atoms with Gasteiger partial charge in [-0.3, -0.25) is 4.79 Å². The number of primary amides is 1. The van der Waals surface area contributed by atoms with Gasteiger partial charge in [-0.15, -0.1) is 0 Å². The topological polar surface area (TPSA) is 109 Å². The van der Waals surface area contributed by atoms with E-state index in [1.807, 2.05) is 4.90 Å². The molecule has 0 aliphatic heterocycles. The van der Waals surface area contributed by atoms with E-state index in [2.05, 4.69) is 11.1 Å². The van der Waals surface area contributed by atoms with Crippen molar-refractivity contribution in [2.45, 2.75) is 25.3 Å². The number of aromatic nitrogens is 1. The van der Waals surface area contributed by atoms with Crippen molar-refractivity contribution in [1.82, 2.24) is 4.98 Å². The monoisotopic (exact) mass is 245 g/mol. The number of rotatable bonds is 5. The number of nitriles is 1. The van der Waals surface area contributed by atoms with E-state index in [0.717, 1.165) is 12.8 Å². The maximum atomic E-state index is 11.4. The number of carbonyl (C=O) groups is 1. The van der Waals surface area contributed by atoms with Crippen molar-refractivity contribution in [3.05, 3.63) is 17.8 Å². The molecule has 18 heavy (non-hydrogen) atoms. The van der Waals surface area contributed by atoms with Gasteiger partial charge >= 0.3 is 0 Å². The van der Waals surface area contributed by atoms with Crippen molar-refractivity contribution >= 4 is 17.4 Å². The van der Waals surface area contributed by atoms with Crippen molar-refractivity contribution in [3.8, 4) is 6.07 Å². The van der Waals surface area contributed by atoms with E-state index >= 15 is 0 Å². The van der Waals surface area contributed by atoms with Crippen LogP contribution >= 0.6 is 0 Å². The summed E-state index contributed by atoms with van der Waals surface area (Å²) in [6, 6.07) is 3.99. The molecule has 6 heteroatoms. The highest BCUT2D eigenvalue weighted by Crippen LogP contribution is 2.32. The Kier molecular flexibility index (Phi) is 3.33. The Bertz CT molecular complexity index is 504. The van der Waals surface area contributed by atoms with E-state index < -0.39 is 5.91 Å². The second-order valence-electron chi connectivity index (χ2n) is 4.34. The second-order valence-corrected chi connectivity index (χ2v) is 4.34. The molecule has 0 spiro atoms. The van der Waals surface area contributed by atoms with Gasteiger partial charge in [0, 0.05) is 12.6 Å². The summed E-state index contributed by atoms with van der Waals surface area (Å²) in [5.41, 5.74) is 11.7. The Hall–Kier alpha value is -2.29. The zero-order valence-electron chi connectivity index (χ0n) is 9.97. The maximum absolute atomic E-state index is 11.4.